The summed E-state index contributed by atoms with van der Waals surface area (Å²) < 4.78 is 11.0. The van der Waals surface area contributed by atoms with E-state index in [1.807, 2.05) is 13.8 Å². The summed E-state index contributed by atoms with van der Waals surface area (Å²) in [5, 5.41) is 19.1. The first kappa shape index (κ1) is 17.4. The molecule has 5 heteroatoms. The van der Waals surface area contributed by atoms with Crippen LogP contribution in [0.2, 0.25) is 0 Å². The molecule has 0 amide bonds. The van der Waals surface area contributed by atoms with Gasteiger partial charge in [-0.1, -0.05) is 12.1 Å². The molecule has 2 aromatic carbocycles. The largest absolute Gasteiger partial charge is 0.508 e. The van der Waals surface area contributed by atoms with E-state index in [2.05, 4.69) is 0 Å². The number of carboxylic acid groups (broad SMARTS) is 1. The van der Waals surface area contributed by atoms with Crippen molar-refractivity contribution in [2.45, 2.75) is 13.8 Å². The molecule has 0 radical (unpaired) electrons. The quantitative estimate of drug-likeness (QED) is 0.597. The number of ether oxygens (including phenoxy) is 2. The van der Waals surface area contributed by atoms with Gasteiger partial charge in [-0.05, 0) is 49.8 Å². The molecule has 5 nitrogen and oxygen atoms in total. The minimum absolute atomic E-state index is 0.0105. The van der Waals surface area contributed by atoms with Gasteiger partial charge in [-0.15, -0.1) is 0 Å². The van der Waals surface area contributed by atoms with E-state index in [4.69, 9.17) is 9.47 Å². The molecule has 24 heavy (non-hydrogen) atoms. The molecule has 0 spiro atoms. The number of hydrogen-bond donors (Lipinski definition) is 2. The number of hydrogen-bond acceptors (Lipinski definition) is 4. The molecule has 0 bridgehead atoms. The van der Waals surface area contributed by atoms with Crippen LogP contribution in [-0.4, -0.2) is 29.4 Å². The summed E-state index contributed by atoms with van der Waals surface area (Å²) in [5.41, 5.74) is 1.11. The molecular formula is C19H20O5. The smallest absolute Gasteiger partial charge is 0.336 e. The van der Waals surface area contributed by atoms with E-state index in [1.165, 1.54) is 18.2 Å². The number of benzene rings is 2. The van der Waals surface area contributed by atoms with Gasteiger partial charge in [0.2, 0.25) is 0 Å². The van der Waals surface area contributed by atoms with Crippen LogP contribution in [-0.2, 0) is 4.79 Å². The van der Waals surface area contributed by atoms with Crippen molar-refractivity contribution in [3.8, 4) is 17.2 Å². The van der Waals surface area contributed by atoms with Crippen molar-refractivity contribution in [2.75, 3.05) is 13.2 Å². The van der Waals surface area contributed by atoms with Crippen molar-refractivity contribution in [3.63, 3.8) is 0 Å². The lowest BCUT2D eigenvalue weighted by Crippen LogP contribution is -2.01. The Morgan fingerprint density at radius 3 is 2.46 bits per heavy atom. The highest BCUT2D eigenvalue weighted by Gasteiger charge is 2.13. The molecule has 0 aliphatic heterocycles. The van der Waals surface area contributed by atoms with Crippen molar-refractivity contribution in [2.24, 2.45) is 0 Å². The van der Waals surface area contributed by atoms with Gasteiger partial charge in [-0.2, -0.15) is 0 Å². The van der Waals surface area contributed by atoms with Gasteiger partial charge in [0.15, 0.2) is 0 Å². The third-order valence-corrected chi connectivity index (χ3v) is 3.28. The second-order valence-electron chi connectivity index (χ2n) is 4.98. The van der Waals surface area contributed by atoms with Crippen molar-refractivity contribution >= 4 is 17.6 Å². The summed E-state index contributed by atoms with van der Waals surface area (Å²) in [4.78, 5) is 11.6. The third kappa shape index (κ3) is 4.29. The molecule has 0 saturated heterocycles. The SMILES string of the molecule is CCOc1ccc(/C=C(\C(=O)O)c2cccc(O)c2)c(OCC)c1. The molecule has 0 fully saturated rings. The van der Waals surface area contributed by atoms with Crippen molar-refractivity contribution in [1.29, 1.82) is 0 Å². The molecule has 0 atom stereocenters. The summed E-state index contributed by atoms with van der Waals surface area (Å²) in [6.45, 7) is 4.72. The lowest BCUT2D eigenvalue weighted by atomic mass is 10.0. The molecule has 2 N–H and O–H groups in total. The first-order valence-electron chi connectivity index (χ1n) is 7.69. The van der Waals surface area contributed by atoms with Gasteiger partial charge in [0.1, 0.15) is 17.2 Å². The van der Waals surface area contributed by atoms with Crippen LogP contribution >= 0.6 is 0 Å². The lowest BCUT2D eigenvalue weighted by Gasteiger charge is -2.11. The normalized spacial score (nSPS) is 11.2. The Hall–Kier alpha value is -2.95. The fourth-order valence-corrected chi connectivity index (χ4v) is 2.27. The van der Waals surface area contributed by atoms with E-state index >= 15 is 0 Å². The summed E-state index contributed by atoms with van der Waals surface area (Å²) in [5.74, 6) is 0.128. The van der Waals surface area contributed by atoms with Gasteiger partial charge in [0.05, 0.1) is 18.8 Å². The molecule has 0 aromatic heterocycles. The predicted molar refractivity (Wildman–Crippen MR) is 92.4 cm³/mol. The number of phenols is 1. The van der Waals surface area contributed by atoms with Crippen molar-refractivity contribution in [1.82, 2.24) is 0 Å². The molecule has 2 aromatic rings. The molecular weight excluding hydrogens is 308 g/mol. The summed E-state index contributed by atoms with van der Waals surface area (Å²) in [6.07, 6.45) is 1.53. The van der Waals surface area contributed by atoms with Crippen LogP contribution in [0, 0.1) is 0 Å². The minimum Gasteiger partial charge on any atom is -0.508 e. The average Bonchev–Trinajstić information content (AvgIpc) is 2.54. The summed E-state index contributed by atoms with van der Waals surface area (Å²) in [7, 11) is 0. The maximum atomic E-state index is 11.6. The Morgan fingerprint density at radius 2 is 1.83 bits per heavy atom. The number of aromatic hydroxyl groups is 1. The Balaban J connectivity index is 2.50. The van der Waals surface area contributed by atoms with Crippen LogP contribution in [0.15, 0.2) is 42.5 Å². The van der Waals surface area contributed by atoms with Crippen LogP contribution < -0.4 is 9.47 Å². The zero-order valence-corrected chi connectivity index (χ0v) is 13.7. The summed E-state index contributed by atoms with van der Waals surface area (Å²) >= 11 is 0. The molecule has 2 rings (SSSR count). The van der Waals surface area contributed by atoms with Gasteiger partial charge in [0.25, 0.3) is 0 Å². The monoisotopic (exact) mass is 328 g/mol. The molecule has 0 aliphatic rings. The van der Waals surface area contributed by atoms with Crippen LogP contribution in [0.5, 0.6) is 17.2 Å². The van der Waals surface area contributed by atoms with E-state index < -0.39 is 5.97 Å². The van der Waals surface area contributed by atoms with Crippen molar-refractivity contribution in [3.05, 3.63) is 53.6 Å². The first-order chi connectivity index (χ1) is 11.5. The fourth-order valence-electron chi connectivity index (χ4n) is 2.27. The highest BCUT2D eigenvalue weighted by molar-refractivity contribution is 6.20. The maximum Gasteiger partial charge on any atom is 0.336 e. The van der Waals surface area contributed by atoms with Gasteiger partial charge < -0.3 is 19.7 Å². The van der Waals surface area contributed by atoms with Crippen LogP contribution in [0.25, 0.3) is 11.6 Å². The van der Waals surface area contributed by atoms with Gasteiger partial charge in [-0.25, -0.2) is 4.79 Å². The number of carboxylic acids is 1. The highest BCUT2D eigenvalue weighted by Crippen LogP contribution is 2.30. The average molecular weight is 328 g/mol. The van der Waals surface area contributed by atoms with E-state index in [9.17, 15) is 15.0 Å². The minimum atomic E-state index is -1.09. The molecule has 0 aliphatic carbocycles. The molecule has 0 saturated carbocycles. The highest BCUT2D eigenvalue weighted by atomic mass is 16.5. The van der Waals surface area contributed by atoms with E-state index in [0.29, 0.717) is 35.8 Å². The van der Waals surface area contributed by atoms with Gasteiger partial charge in [0, 0.05) is 11.6 Å². The molecule has 126 valence electrons. The predicted octanol–water partition coefficient (Wildman–Crippen LogP) is 3.81. The van der Waals surface area contributed by atoms with Gasteiger partial charge >= 0.3 is 5.97 Å². The van der Waals surface area contributed by atoms with Crippen LogP contribution in [0.4, 0.5) is 0 Å². The first-order valence-corrected chi connectivity index (χ1v) is 7.69. The molecule has 0 unspecified atom stereocenters. The van der Waals surface area contributed by atoms with Crippen LogP contribution in [0.3, 0.4) is 0 Å². The maximum absolute atomic E-state index is 11.6. The standard InChI is InChI=1S/C19H20O5/c1-3-23-16-9-8-14(18(12-16)24-4-2)11-17(19(21)22)13-6-5-7-15(20)10-13/h5-12,20H,3-4H2,1-2H3,(H,21,22)/b17-11-. The second kappa shape index (κ2) is 8.06. The van der Waals surface area contributed by atoms with E-state index in [0.717, 1.165) is 0 Å². The van der Waals surface area contributed by atoms with E-state index in [-0.39, 0.29) is 11.3 Å². The molecule has 0 heterocycles. The zero-order chi connectivity index (χ0) is 17.5. The Kier molecular flexibility index (Phi) is 5.84. The second-order valence-corrected chi connectivity index (χ2v) is 4.98. The van der Waals surface area contributed by atoms with Crippen LogP contribution in [0.1, 0.15) is 25.0 Å². The Bertz CT molecular complexity index is 749. The Morgan fingerprint density at radius 1 is 1.08 bits per heavy atom. The fraction of sp³-hybridized carbons (Fsp3) is 0.211. The Labute approximate surface area is 140 Å². The lowest BCUT2D eigenvalue weighted by molar-refractivity contribution is -0.130. The number of aliphatic carboxylic acids is 1. The summed E-state index contributed by atoms with van der Waals surface area (Å²) in [6, 6.07) is 11.4. The number of phenolic OH excluding ortho intramolecular Hbond substituents is 1. The zero-order valence-electron chi connectivity index (χ0n) is 13.7. The van der Waals surface area contributed by atoms with Gasteiger partial charge in [-0.3, -0.25) is 0 Å². The van der Waals surface area contributed by atoms with Crippen molar-refractivity contribution < 1.29 is 24.5 Å². The number of carbonyl (C=O) groups is 1. The number of rotatable bonds is 7. The topological polar surface area (TPSA) is 76.0 Å². The third-order valence-electron chi connectivity index (χ3n) is 3.28. The van der Waals surface area contributed by atoms with E-state index in [1.54, 1.807) is 30.3 Å².